The molecule has 1 radical (unpaired) electrons. The van der Waals surface area contributed by atoms with Crippen LogP contribution >= 0.6 is 0 Å². The summed E-state index contributed by atoms with van der Waals surface area (Å²) in [5.74, 6) is 0. The summed E-state index contributed by atoms with van der Waals surface area (Å²) >= 11 is 0. The molecule has 0 aromatic heterocycles. The lowest BCUT2D eigenvalue weighted by atomic mass is 10.3. The Labute approximate surface area is 81.5 Å². The van der Waals surface area contributed by atoms with Crippen LogP contribution in [0.2, 0.25) is 0 Å². The molecule has 0 rings (SSSR count). The van der Waals surface area contributed by atoms with Crippen LogP contribution in [0.1, 0.15) is 39.5 Å². The molecule has 0 aromatic carbocycles. The second kappa shape index (κ2) is 7.90. The molecule has 0 unspecified atom stereocenters. The van der Waals surface area contributed by atoms with E-state index in [-0.39, 0.29) is 6.03 Å². The number of rotatable bonds is 6. The fraction of sp³-hybridized carbons (Fsp3) is 0.900. The zero-order valence-electron chi connectivity index (χ0n) is 9.05. The minimum atomic E-state index is -0.0677. The van der Waals surface area contributed by atoms with Gasteiger partial charge in [-0.25, -0.2) is 10.1 Å². The normalized spacial score (nSPS) is 9.77. The van der Waals surface area contributed by atoms with Gasteiger partial charge in [0.15, 0.2) is 0 Å². The number of carbonyl (C=O) groups is 1. The Bertz CT molecular complexity index is 129. The predicted octanol–water partition coefficient (Wildman–Crippen LogP) is 2.24. The smallest absolute Gasteiger partial charge is 0.323 e. The van der Waals surface area contributed by atoms with Crippen molar-refractivity contribution in [1.82, 2.24) is 10.2 Å². The topological polar surface area (TPSA) is 34.4 Å². The lowest BCUT2D eigenvalue weighted by Crippen LogP contribution is -2.36. The van der Waals surface area contributed by atoms with Crippen LogP contribution in [0.4, 0.5) is 4.79 Å². The molecular formula is C10H21N2O. The maximum Gasteiger partial charge on any atom is 0.338 e. The number of nitrogens with zero attached hydrogens (tertiary/aromatic N) is 2. The van der Waals surface area contributed by atoms with E-state index in [1.54, 1.807) is 7.05 Å². The van der Waals surface area contributed by atoms with Crippen LogP contribution < -0.4 is 5.32 Å². The van der Waals surface area contributed by atoms with Crippen LogP contribution in [0.25, 0.3) is 0 Å². The zero-order chi connectivity index (χ0) is 10.1. The summed E-state index contributed by atoms with van der Waals surface area (Å²) in [6.45, 7) is 5.97. The van der Waals surface area contributed by atoms with E-state index in [9.17, 15) is 4.79 Å². The molecule has 0 spiro atoms. The Morgan fingerprint density at radius 3 is 1.92 bits per heavy atom. The number of hydrogen-bond acceptors (Lipinski definition) is 1. The van der Waals surface area contributed by atoms with E-state index in [1.807, 2.05) is 4.90 Å². The van der Waals surface area contributed by atoms with Gasteiger partial charge in [-0.15, -0.1) is 0 Å². The maximum absolute atomic E-state index is 11.3. The standard InChI is InChI=1S/C10H21N2O/c1-4-6-8-12(9-7-5-2)10(13)11-3/h4-9H2,1-3H3. The van der Waals surface area contributed by atoms with Gasteiger partial charge in [0, 0.05) is 20.1 Å². The van der Waals surface area contributed by atoms with Crippen molar-refractivity contribution < 1.29 is 4.79 Å². The van der Waals surface area contributed by atoms with Gasteiger partial charge in [-0.2, -0.15) is 0 Å². The Kier molecular flexibility index (Phi) is 7.45. The van der Waals surface area contributed by atoms with Crippen molar-refractivity contribution in [1.29, 1.82) is 0 Å². The summed E-state index contributed by atoms with van der Waals surface area (Å²) < 4.78 is 0. The number of urea groups is 1. The third-order valence-corrected chi connectivity index (χ3v) is 2.02. The van der Waals surface area contributed by atoms with Crippen LogP contribution in [-0.4, -0.2) is 31.1 Å². The highest BCUT2D eigenvalue weighted by molar-refractivity contribution is 5.73. The van der Waals surface area contributed by atoms with E-state index in [4.69, 9.17) is 0 Å². The summed E-state index contributed by atoms with van der Waals surface area (Å²) in [6.07, 6.45) is 4.40. The van der Waals surface area contributed by atoms with Crippen molar-refractivity contribution in [3.8, 4) is 0 Å². The summed E-state index contributed by atoms with van der Waals surface area (Å²) in [5.41, 5.74) is 0. The molecule has 3 heteroatoms. The van der Waals surface area contributed by atoms with E-state index in [0.717, 1.165) is 38.8 Å². The minimum Gasteiger partial charge on any atom is -0.323 e. The third-order valence-electron chi connectivity index (χ3n) is 2.02. The number of hydrogen-bond donors (Lipinski definition) is 0. The fourth-order valence-corrected chi connectivity index (χ4v) is 1.14. The Balaban J connectivity index is 3.79. The van der Waals surface area contributed by atoms with Crippen LogP contribution in [0.5, 0.6) is 0 Å². The molecule has 0 saturated heterocycles. The molecule has 0 heterocycles. The molecule has 0 aliphatic carbocycles. The van der Waals surface area contributed by atoms with Crippen molar-refractivity contribution in [2.45, 2.75) is 39.5 Å². The lowest BCUT2D eigenvalue weighted by molar-refractivity contribution is 0.197. The van der Waals surface area contributed by atoms with E-state index < -0.39 is 0 Å². The zero-order valence-corrected chi connectivity index (χ0v) is 9.05. The van der Waals surface area contributed by atoms with Gasteiger partial charge in [-0.05, 0) is 12.8 Å². The van der Waals surface area contributed by atoms with Crippen molar-refractivity contribution in [3.05, 3.63) is 0 Å². The highest BCUT2D eigenvalue weighted by Gasteiger charge is 2.10. The van der Waals surface area contributed by atoms with E-state index >= 15 is 0 Å². The first-order chi connectivity index (χ1) is 6.26. The molecule has 0 aliphatic rings. The Hall–Kier alpha value is -0.730. The first-order valence-electron chi connectivity index (χ1n) is 5.15. The molecule has 0 N–H and O–H groups in total. The van der Waals surface area contributed by atoms with E-state index in [2.05, 4.69) is 19.2 Å². The van der Waals surface area contributed by atoms with Crippen molar-refractivity contribution >= 4 is 6.03 Å². The van der Waals surface area contributed by atoms with Crippen LogP contribution in [0.3, 0.4) is 0 Å². The van der Waals surface area contributed by atoms with Crippen LogP contribution in [0.15, 0.2) is 0 Å². The van der Waals surface area contributed by atoms with Gasteiger partial charge in [-0.1, -0.05) is 26.7 Å². The van der Waals surface area contributed by atoms with Crippen molar-refractivity contribution in [2.75, 3.05) is 20.1 Å². The average Bonchev–Trinajstić information content (AvgIpc) is 2.17. The third kappa shape index (κ3) is 5.50. The molecule has 2 amide bonds. The Morgan fingerprint density at radius 2 is 1.62 bits per heavy atom. The number of carbonyl (C=O) groups excluding carboxylic acids is 1. The quantitative estimate of drug-likeness (QED) is 0.625. The largest absolute Gasteiger partial charge is 0.338 e. The minimum absolute atomic E-state index is 0.0677. The summed E-state index contributed by atoms with van der Waals surface area (Å²) in [4.78, 5) is 13.1. The first kappa shape index (κ1) is 12.3. The molecule has 0 saturated carbocycles. The van der Waals surface area contributed by atoms with Gasteiger partial charge in [0.25, 0.3) is 0 Å². The molecule has 13 heavy (non-hydrogen) atoms. The second-order valence-electron chi connectivity index (χ2n) is 3.20. The lowest BCUT2D eigenvalue weighted by Gasteiger charge is -2.20. The maximum atomic E-state index is 11.3. The molecule has 0 aliphatic heterocycles. The van der Waals surface area contributed by atoms with Gasteiger partial charge in [0.1, 0.15) is 0 Å². The SMILES string of the molecule is CCCCN(CCCC)C(=O)[N]C. The van der Waals surface area contributed by atoms with Gasteiger partial charge in [0.2, 0.25) is 0 Å². The van der Waals surface area contributed by atoms with Gasteiger partial charge in [-0.3, -0.25) is 0 Å². The number of unbranched alkanes of at least 4 members (excludes halogenated alkanes) is 2. The molecular weight excluding hydrogens is 164 g/mol. The Morgan fingerprint density at radius 1 is 1.15 bits per heavy atom. The summed E-state index contributed by atoms with van der Waals surface area (Å²) in [5, 5.41) is 3.68. The second-order valence-corrected chi connectivity index (χ2v) is 3.20. The van der Waals surface area contributed by atoms with Crippen molar-refractivity contribution in [3.63, 3.8) is 0 Å². The highest BCUT2D eigenvalue weighted by atomic mass is 16.2. The molecule has 0 aromatic rings. The molecule has 0 fully saturated rings. The van der Waals surface area contributed by atoms with Gasteiger partial charge < -0.3 is 4.90 Å². The van der Waals surface area contributed by atoms with E-state index in [1.165, 1.54) is 0 Å². The molecule has 0 bridgehead atoms. The van der Waals surface area contributed by atoms with Crippen LogP contribution in [0, 0.1) is 0 Å². The summed E-state index contributed by atoms with van der Waals surface area (Å²) in [7, 11) is 1.56. The number of amides is 2. The molecule has 77 valence electrons. The van der Waals surface area contributed by atoms with E-state index in [0.29, 0.717) is 0 Å². The van der Waals surface area contributed by atoms with Crippen molar-refractivity contribution in [2.24, 2.45) is 0 Å². The fourth-order valence-electron chi connectivity index (χ4n) is 1.14. The molecule has 0 atom stereocenters. The molecule has 3 nitrogen and oxygen atoms in total. The predicted molar refractivity (Wildman–Crippen MR) is 54.8 cm³/mol. The monoisotopic (exact) mass is 185 g/mol. The van der Waals surface area contributed by atoms with Gasteiger partial charge >= 0.3 is 6.03 Å². The highest BCUT2D eigenvalue weighted by Crippen LogP contribution is 1.99. The summed E-state index contributed by atoms with van der Waals surface area (Å²) in [6, 6.07) is -0.0677. The first-order valence-corrected chi connectivity index (χ1v) is 5.15. The van der Waals surface area contributed by atoms with Crippen LogP contribution in [-0.2, 0) is 0 Å². The average molecular weight is 185 g/mol. The van der Waals surface area contributed by atoms with Gasteiger partial charge in [0.05, 0.1) is 0 Å².